The Morgan fingerprint density at radius 3 is 3.06 bits per heavy atom. The van der Waals surface area contributed by atoms with Crippen molar-refractivity contribution in [2.24, 2.45) is 0 Å². The third-order valence-corrected chi connectivity index (χ3v) is 2.94. The van der Waals surface area contributed by atoms with E-state index in [9.17, 15) is 0 Å². The van der Waals surface area contributed by atoms with Gasteiger partial charge in [0.25, 0.3) is 0 Å². The van der Waals surface area contributed by atoms with E-state index in [2.05, 4.69) is 25.6 Å². The van der Waals surface area contributed by atoms with Gasteiger partial charge in [-0.1, -0.05) is 28.6 Å². The van der Waals surface area contributed by atoms with Gasteiger partial charge < -0.3 is 5.32 Å². The van der Waals surface area contributed by atoms with Gasteiger partial charge in [-0.2, -0.15) is 0 Å². The smallest absolute Gasteiger partial charge is 0.190 e. The van der Waals surface area contributed by atoms with Crippen molar-refractivity contribution >= 4 is 29.2 Å². The number of anilines is 1. The molecule has 2 aromatic heterocycles. The molecule has 0 atom stereocenters. The highest BCUT2D eigenvalue weighted by Gasteiger charge is 2.01. The highest BCUT2D eigenvalue weighted by atomic mass is 35.5. The van der Waals surface area contributed by atoms with Gasteiger partial charge in [0.05, 0.1) is 6.20 Å². The van der Waals surface area contributed by atoms with E-state index < -0.39 is 0 Å². The maximum absolute atomic E-state index is 5.90. The van der Waals surface area contributed by atoms with E-state index in [1.165, 1.54) is 11.8 Å². The molecule has 96 valence electrons. The number of nitrogens with zero attached hydrogens (tertiary/aromatic N) is 5. The molecule has 1 N–H and O–H groups in total. The first-order valence-corrected chi connectivity index (χ1v) is 7.05. The first-order chi connectivity index (χ1) is 8.78. The van der Waals surface area contributed by atoms with Gasteiger partial charge in [0.15, 0.2) is 5.16 Å². The van der Waals surface area contributed by atoms with E-state index in [0.29, 0.717) is 10.3 Å². The van der Waals surface area contributed by atoms with Crippen LogP contribution in [0.4, 0.5) is 5.82 Å². The number of hydrogen-bond donors (Lipinski definition) is 1. The van der Waals surface area contributed by atoms with E-state index in [1.54, 1.807) is 16.9 Å². The molecule has 6 nitrogen and oxygen atoms in total. The lowest BCUT2D eigenvalue weighted by Gasteiger charge is -2.06. The summed E-state index contributed by atoms with van der Waals surface area (Å²) in [5.74, 6) is 0.748. The van der Waals surface area contributed by atoms with Gasteiger partial charge >= 0.3 is 0 Å². The summed E-state index contributed by atoms with van der Waals surface area (Å²) >= 11 is 7.36. The Hall–Kier alpha value is -1.34. The summed E-state index contributed by atoms with van der Waals surface area (Å²) in [4.78, 5) is 8.38. The second kappa shape index (κ2) is 6.55. The van der Waals surface area contributed by atoms with Gasteiger partial charge in [0, 0.05) is 25.4 Å². The molecule has 0 saturated heterocycles. The molecule has 0 aliphatic rings. The summed E-state index contributed by atoms with van der Waals surface area (Å²) in [6.45, 7) is 1.61. The van der Waals surface area contributed by atoms with Gasteiger partial charge in [-0.25, -0.2) is 9.97 Å². The number of thioether (sulfide) groups is 1. The molecule has 2 heterocycles. The minimum atomic E-state index is 0.452. The zero-order chi connectivity index (χ0) is 12.8. The van der Waals surface area contributed by atoms with Crippen LogP contribution in [0.5, 0.6) is 0 Å². The van der Waals surface area contributed by atoms with Gasteiger partial charge in [0.2, 0.25) is 0 Å². The maximum atomic E-state index is 5.90. The highest BCUT2D eigenvalue weighted by Crippen LogP contribution is 2.16. The van der Waals surface area contributed by atoms with E-state index in [4.69, 9.17) is 11.6 Å². The lowest BCUT2D eigenvalue weighted by atomic mass is 10.4. The van der Waals surface area contributed by atoms with Crippen molar-refractivity contribution < 1.29 is 0 Å². The molecule has 2 aromatic rings. The molecule has 0 spiro atoms. The van der Waals surface area contributed by atoms with E-state index in [-0.39, 0.29) is 0 Å². The Morgan fingerprint density at radius 1 is 1.44 bits per heavy atom. The number of hydrogen-bond acceptors (Lipinski definition) is 6. The van der Waals surface area contributed by atoms with Crippen LogP contribution in [0.1, 0.15) is 6.42 Å². The Bertz CT molecular complexity index is 489. The quantitative estimate of drug-likeness (QED) is 0.378. The van der Waals surface area contributed by atoms with Crippen molar-refractivity contribution in [2.45, 2.75) is 18.1 Å². The minimum absolute atomic E-state index is 0.452. The topological polar surface area (TPSA) is 68.5 Å². The normalized spacial score (nSPS) is 10.6. The van der Waals surface area contributed by atoms with Crippen LogP contribution >= 0.6 is 23.4 Å². The van der Waals surface area contributed by atoms with Gasteiger partial charge in [-0.3, -0.25) is 4.68 Å². The molecule has 0 amide bonds. The second-order valence-electron chi connectivity index (χ2n) is 3.51. The van der Waals surface area contributed by atoms with Crippen LogP contribution in [0.25, 0.3) is 0 Å². The Labute approximate surface area is 114 Å². The van der Waals surface area contributed by atoms with Crippen LogP contribution in [0, 0.1) is 0 Å². The summed E-state index contributed by atoms with van der Waals surface area (Å²) in [5.41, 5.74) is 0. The predicted octanol–water partition coefficient (Wildman–Crippen LogP) is 1.95. The molecular weight excluding hydrogens is 272 g/mol. The fraction of sp³-hybridized carbons (Fsp3) is 0.400. The van der Waals surface area contributed by atoms with Crippen LogP contribution in [-0.4, -0.2) is 37.8 Å². The Kier molecular flexibility index (Phi) is 4.77. The Balaban J connectivity index is 1.81. The van der Waals surface area contributed by atoms with Crippen molar-refractivity contribution in [3.05, 3.63) is 23.6 Å². The number of halogens is 1. The monoisotopic (exact) mass is 284 g/mol. The zero-order valence-corrected chi connectivity index (χ0v) is 11.4. The van der Waals surface area contributed by atoms with E-state index in [1.807, 2.05) is 12.5 Å². The van der Waals surface area contributed by atoms with Gasteiger partial charge in [-0.05, 0) is 12.7 Å². The SMILES string of the molecule is CSc1nc(Cl)cc(NCCCn2ccnn2)n1. The van der Waals surface area contributed by atoms with Crippen molar-refractivity contribution in [3.63, 3.8) is 0 Å². The molecule has 0 aliphatic carbocycles. The number of nitrogens with one attached hydrogen (secondary N) is 1. The Morgan fingerprint density at radius 2 is 2.33 bits per heavy atom. The summed E-state index contributed by atoms with van der Waals surface area (Å²) in [6, 6.07) is 1.72. The standard InChI is InChI=1S/C10H13ClN6S/c1-18-10-14-8(11)7-9(15-10)12-3-2-5-17-6-4-13-16-17/h4,6-7H,2-3,5H2,1H3,(H,12,14,15). The van der Waals surface area contributed by atoms with Crippen LogP contribution in [0.15, 0.2) is 23.6 Å². The summed E-state index contributed by atoms with van der Waals surface area (Å²) in [5, 5.41) is 12.0. The van der Waals surface area contributed by atoms with E-state index >= 15 is 0 Å². The molecule has 2 rings (SSSR count). The molecule has 0 aromatic carbocycles. The maximum Gasteiger partial charge on any atom is 0.190 e. The molecule has 0 radical (unpaired) electrons. The van der Waals surface area contributed by atoms with Crippen molar-refractivity contribution in [1.82, 2.24) is 25.0 Å². The van der Waals surface area contributed by atoms with Crippen LogP contribution in [-0.2, 0) is 6.54 Å². The summed E-state index contributed by atoms with van der Waals surface area (Å²) < 4.78 is 1.79. The fourth-order valence-electron chi connectivity index (χ4n) is 1.39. The fourth-order valence-corrected chi connectivity index (χ4v) is 2.00. The van der Waals surface area contributed by atoms with Crippen molar-refractivity contribution in [1.29, 1.82) is 0 Å². The first kappa shape index (κ1) is 13.1. The molecule has 8 heteroatoms. The molecule has 18 heavy (non-hydrogen) atoms. The number of aryl methyl sites for hydroxylation is 1. The lowest BCUT2D eigenvalue weighted by molar-refractivity contribution is 0.569. The van der Waals surface area contributed by atoms with Gasteiger partial charge in [-0.15, -0.1) is 5.10 Å². The highest BCUT2D eigenvalue weighted by molar-refractivity contribution is 7.98. The van der Waals surface area contributed by atoms with Crippen molar-refractivity contribution in [3.8, 4) is 0 Å². The average Bonchev–Trinajstić information content (AvgIpc) is 2.87. The van der Waals surface area contributed by atoms with E-state index in [0.717, 1.165) is 25.3 Å². The molecule has 0 bridgehead atoms. The third kappa shape index (κ3) is 3.85. The lowest BCUT2D eigenvalue weighted by Crippen LogP contribution is -2.08. The summed E-state index contributed by atoms with van der Waals surface area (Å²) in [7, 11) is 0. The third-order valence-electron chi connectivity index (χ3n) is 2.20. The van der Waals surface area contributed by atoms with Crippen molar-refractivity contribution in [2.75, 3.05) is 18.1 Å². The largest absolute Gasteiger partial charge is 0.370 e. The second-order valence-corrected chi connectivity index (χ2v) is 4.67. The van der Waals surface area contributed by atoms with Crippen LogP contribution in [0.2, 0.25) is 5.15 Å². The molecule has 0 unspecified atom stereocenters. The molecule has 0 fully saturated rings. The molecular formula is C10H13ClN6S. The minimum Gasteiger partial charge on any atom is -0.370 e. The number of aromatic nitrogens is 5. The predicted molar refractivity (Wildman–Crippen MR) is 72.0 cm³/mol. The number of rotatable bonds is 6. The molecule has 0 saturated carbocycles. The zero-order valence-electron chi connectivity index (χ0n) is 9.88. The summed E-state index contributed by atoms with van der Waals surface area (Å²) in [6.07, 6.45) is 6.36. The average molecular weight is 285 g/mol. The van der Waals surface area contributed by atoms with Crippen LogP contribution in [0.3, 0.4) is 0 Å². The van der Waals surface area contributed by atoms with Gasteiger partial charge in [0.1, 0.15) is 11.0 Å². The van der Waals surface area contributed by atoms with Crippen LogP contribution < -0.4 is 5.32 Å². The first-order valence-electron chi connectivity index (χ1n) is 5.44. The molecule has 0 aliphatic heterocycles.